The molecule has 1 fully saturated rings. The van der Waals surface area contributed by atoms with E-state index < -0.39 is 0 Å². The van der Waals surface area contributed by atoms with Crippen LogP contribution in [-0.2, 0) is 11.1 Å². The fourth-order valence-electron chi connectivity index (χ4n) is 1.76. The highest BCUT2D eigenvalue weighted by Crippen LogP contribution is 2.27. The van der Waals surface area contributed by atoms with Gasteiger partial charge in [0.1, 0.15) is 17.8 Å². The molecule has 1 aliphatic heterocycles. The molecule has 1 aromatic rings. The van der Waals surface area contributed by atoms with Gasteiger partial charge in [0.15, 0.2) is 0 Å². The van der Waals surface area contributed by atoms with Crippen LogP contribution in [0.15, 0.2) is 24.3 Å². The van der Waals surface area contributed by atoms with Gasteiger partial charge in [-0.2, -0.15) is 4.31 Å². The number of rotatable bonds is 2. The first kappa shape index (κ1) is 9.71. The fraction of sp³-hybridized carbons (Fsp3) is 0.455. The summed E-state index contributed by atoms with van der Waals surface area (Å²) >= 11 is 0.406. The lowest BCUT2D eigenvalue weighted by Crippen LogP contribution is -2.24. The van der Waals surface area contributed by atoms with Crippen LogP contribution in [0.1, 0.15) is 6.42 Å². The topological polar surface area (TPSA) is 12.5 Å². The molecule has 0 bridgehead atoms. The summed E-state index contributed by atoms with van der Waals surface area (Å²) in [6, 6.07) is 8.34. The van der Waals surface area contributed by atoms with Gasteiger partial charge in [0, 0.05) is 12.5 Å². The van der Waals surface area contributed by atoms with Crippen LogP contribution in [0.2, 0.25) is 0 Å². The summed E-state index contributed by atoms with van der Waals surface area (Å²) in [5, 5.41) is 0. The molecular formula is C11H16NOS+. The highest BCUT2D eigenvalue weighted by atomic mass is 32.2. The van der Waals surface area contributed by atoms with Gasteiger partial charge < -0.3 is 4.74 Å². The third-order valence-corrected chi connectivity index (χ3v) is 4.54. The molecular weight excluding hydrogens is 194 g/mol. The molecule has 0 saturated carbocycles. The van der Waals surface area contributed by atoms with Crippen LogP contribution < -0.4 is 9.04 Å². The van der Waals surface area contributed by atoms with Crippen LogP contribution in [0.3, 0.4) is 0 Å². The Kier molecular flexibility index (Phi) is 2.87. The summed E-state index contributed by atoms with van der Waals surface area (Å²) in [5.74, 6) is 2.28. The predicted octanol–water partition coefficient (Wildman–Crippen LogP) is 2.07. The van der Waals surface area contributed by atoms with Crippen LogP contribution in [0.25, 0.3) is 0 Å². The number of anilines is 1. The molecule has 0 radical (unpaired) electrons. The molecule has 14 heavy (non-hydrogen) atoms. The minimum Gasteiger partial charge on any atom is -0.497 e. The van der Waals surface area contributed by atoms with E-state index in [1.165, 1.54) is 24.4 Å². The lowest BCUT2D eigenvalue weighted by molar-refractivity contribution is 0.415. The van der Waals surface area contributed by atoms with Gasteiger partial charge >= 0.3 is 0 Å². The van der Waals surface area contributed by atoms with Crippen molar-refractivity contribution in [2.24, 2.45) is 0 Å². The number of hydrogen-bond acceptors (Lipinski definition) is 2. The average Bonchev–Trinajstić information content (AvgIpc) is 2.65. The van der Waals surface area contributed by atoms with E-state index in [0.717, 1.165) is 5.75 Å². The molecule has 0 N–H and O–H groups in total. The van der Waals surface area contributed by atoms with Gasteiger partial charge in [0.25, 0.3) is 0 Å². The zero-order chi connectivity index (χ0) is 9.97. The van der Waals surface area contributed by atoms with Crippen molar-refractivity contribution in [2.75, 3.05) is 30.0 Å². The Morgan fingerprint density at radius 2 is 2.29 bits per heavy atom. The third-order valence-electron chi connectivity index (χ3n) is 2.52. The van der Waals surface area contributed by atoms with E-state index >= 15 is 0 Å². The van der Waals surface area contributed by atoms with Crippen molar-refractivity contribution in [3.05, 3.63) is 24.3 Å². The van der Waals surface area contributed by atoms with E-state index in [1.807, 2.05) is 6.07 Å². The van der Waals surface area contributed by atoms with Crippen LogP contribution in [-0.4, -0.2) is 25.7 Å². The number of methoxy groups -OCH3 is 1. The lowest BCUT2D eigenvalue weighted by atomic mass is 10.3. The Balaban J connectivity index is 2.22. The van der Waals surface area contributed by atoms with E-state index in [4.69, 9.17) is 4.74 Å². The Labute approximate surface area is 88.4 Å². The molecule has 2 nitrogen and oxygen atoms in total. The second kappa shape index (κ2) is 4.13. The van der Waals surface area contributed by atoms with Gasteiger partial charge in [-0.3, -0.25) is 0 Å². The van der Waals surface area contributed by atoms with Crippen molar-refractivity contribution < 1.29 is 4.74 Å². The highest BCUT2D eigenvalue weighted by Gasteiger charge is 2.29. The SMILES string of the molecule is COc1cccc(N2CCC[S+]2C)c1. The van der Waals surface area contributed by atoms with E-state index in [2.05, 4.69) is 28.8 Å². The molecule has 3 heteroatoms. The Morgan fingerprint density at radius 3 is 2.93 bits per heavy atom. The van der Waals surface area contributed by atoms with E-state index in [0.29, 0.717) is 11.1 Å². The van der Waals surface area contributed by atoms with Crippen molar-refractivity contribution >= 4 is 16.8 Å². The number of hydrogen-bond donors (Lipinski definition) is 0. The highest BCUT2D eigenvalue weighted by molar-refractivity contribution is 7.97. The van der Waals surface area contributed by atoms with Crippen molar-refractivity contribution in [1.82, 2.24) is 0 Å². The van der Waals surface area contributed by atoms with Crippen LogP contribution >= 0.6 is 0 Å². The van der Waals surface area contributed by atoms with Gasteiger partial charge in [-0.05, 0) is 12.1 Å². The standard InChI is InChI=1S/C11H16NOS/c1-13-11-6-3-5-10(9-11)12-7-4-8-14(12)2/h3,5-6,9H,4,7-8H2,1-2H3/q+1. The number of ether oxygens (including phenoxy) is 1. The second-order valence-electron chi connectivity index (χ2n) is 3.46. The first-order chi connectivity index (χ1) is 6.81. The molecule has 1 aromatic carbocycles. The van der Waals surface area contributed by atoms with Crippen LogP contribution in [0.5, 0.6) is 5.75 Å². The largest absolute Gasteiger partial charge is 0.497 e. The van der Waals surface area contributed by atoms with Gasteiger partial charge in [-0.25, -0.2) is 0 Å². The summed E-state index contributed by atoms with van der Waals surface area (Å²) in [6.45, 7) is 1.19. The molecule has 0 aromatic heterocycles. The van der Waals surface area contributed by atoms with Gasteiger partial charge in [0.2, 0.25) is 0 Å². The van der Waals surface area contributed by atoms with Gasteiger partial charge in [-0.1, -0.05) is 6.07 Å². The minimum atomic E-state index is 0.406. The van der Waals surface area contributed by atoms with Crippen molar-refractivity contribution in [3.63, 3.8) is 0 Å². The summed E-state index contributed by atoms with van der Waals surface area (Å²) < 4.78 is 7.70. The quantitative estimate of drug-likeness (QED) is 0.693. The maximum Gasteiger partial charge on any atom is 0.134 e. The molecule has 0 amide bonds. The van der Waals surface area contributed by atoms with E-state index in [-0.39, 0.29) is 0 Å². The molecule has 1 atom stereocenters. The molecule has 2 rings (SSSR count). The third kappa shape index (κ3) is 1.82. The van der Waals surface area contributed by atoms with Crippen molar-refractivity contribution in [2.45, 2.75) is 6.42 Å². The fourth-order valence-corrected chi connectivity index (χ4v) is 3.44. The summed E-state index contributed by atoms with van der Waals surface area (Å²) in [4.78, 5) is 0. The molecule has 1 saturated heterocycles. The molecule has 0 aliphatic carbocycles. The first-order valence-electron chi connectivity index (χ1n) is 4.85. The zero-order valence-electron chi connectivity index (χ0n) is 8.69. The van der Waals surface area contributed by atoms with Crippen LogP contribution in [0, 0.1) is 0 Å². The van der Waals surface area contributed by atoms with Gasteiger partial charge in [0.05, 0.1) is 30.4 Å². The van der Waals surface area contributed by atoms with E-state index in [9.17, 15) is 0 Å². The molecule has 76 valence electrons. The maximum absolute atomic E-state index is 5.23. The summed E-state index contributed by atoms with van der Waals surface area (Å²) in [6.07, 6.45) is 3.63. The average molecular weight is 210 g/mol. The number of nitrogens with zero attached hydrogens (tertiary/aromatic N) is 1. The van der Waals surface area contributed by atoms with Crippen molar-refractivity contribution in [1.29, 1.82) is 0 Å². The normalized spacial score (nSPS) is 21.3. The molecule has 1 unspecified atom stereocenters. The number of benzene rings is 1. The molecule has 1 heterocycles. The lowest BCUT2D eigenvalue weighted by Gasteiger charge is -2.14. The minimum absolute atomic E-state index is 0.406. The first-order valence-corrected chi connectivity index (χ1v) is 6.61. The Hall–Kier alpha value is -0.830. The van der Waals surface area contributed by atoms with Crippen molar-refractivity contribution in [3.8, 4) is 5.75 Å². The van der Waals surface area contributed by atoms with Gasteiger partial charge in [-0.15, -0.1) is 0 Å². The Bertz CT molecular complexity index is 316. The monoisotopic (exact) mass is 210 g/mol. The molecule has 1 aliphatic rings. The second-order valence-corrected chi connectivity index (χ2v) is 5.51. The molecule has 0 spiro atoms. The Morgan fingerprint density at radius 1 is 1.43 bits per heavy atom. The van der Waals surface area contributed by atoms with Crippen LogP contribution in [0.4, 0.5) is 5.69 Å². The smallest absolute Gasteiger partial charge is 0.134 e. The zero-order valence-corrected chi connectivity index (χ0v) is 9.51. The van der Waals surface area contributed by atoms with E-state index in [1.54, 1.807) is 7.11 Å². The summed E-state index contributed by atoms with van der Waals surface area (Å²) in [5.41, 5.74) is 1.30. The summed E-state index contributed by atoms with van der Waals surface area (Å²) in [7, 11) is 1.72. The maximum atomic E-state index is 5.23. The predicted molar refractivity (Wildman–Crippen MR) is 63.1 cm³/mol.